The van der Waals surface area contributed by atoms with Crippen molar-refractivity contribution in [2.45, 2.75) is 37.5 Å². The monoisotopic (exact) mass is 548 g/mol. The predicted molar refractivity (Wildman–Crippen MR) is 131 cm³/mol. The minimum absolute atomic E-state index is 0.00923. The number of rotatable bonds is 6. The van der Waals surface area contributed by atoms with Crippen molar-refractivity contribution in [1.82, 2.24) is 34.7 Å². The highest BCUT2D eigenvalue weighted by Gasteiger charge is 2.33. The lowest BCUT2D eigenvalue weighted by molar-refractivity contribution is 0.570. The van der Waals surface area contributed by atoms with Gasteiger partial charge in [0, 0.05) is 17.8 Å². The van der Waals surface area contributed by atoms with Crippen LogP contribution in [0.1, 0.15) is 24.3 Å². The SMILES string of the molecule is CNS(=O)(=O)[C@@H]1CC[C@@H](Nc2ncc3c(Br)nn(-c4ccc(-c5nnc(C)s5)cc4)c3n2)C1. The zero-order valence-electron chi connectivity index (χ0n) is 17.9. The number of fused-ring (bicyclic) bond motifs is 1. The minimum atomic E-state index is -3.28. The van der Waals surface area contributed by atoms with Gasteiger partial charge in [-0.1, -0.05) is 11.3 Å². The molecule has 5 rings (SSSR count). The summed E-state index contributed by atoms with van der Waals surface area (Å²) < 4.78 is 29.0. The number of halogens is 1. The zero-order valence-corrected chi connectivity index (χ0v) is 21.1. The fourth-order valence-corrected chi connectivity index (χ4v) is 6.38. The molecule has 1 fully saturated rings. The molecular formula is C20H21BrN8O2S2. The molecule has 2 atom stereocenters. The Kier molecular flexibility index (Phi) is 5.89. The molecule has 1 aliphatic carbocycles. The molecule has 33 heavy (non-hydrogen) atoms. The van der Waals surface area contributed by atoms with E-state index in [1.54, 1.807) is 22.2 Å². The van der Waals surface area contributed by atoms with Gasteiger partial charge in [-0.25, -0.2) is 22.8 Å². The van der Waals surface area contributed by atoms with Crippen LogP contribution < -0.4 is 10.0 Å². The van der Waals surface area contributed by atoms with Gasteiger partial charge in [0.25, 0.3) is 0 Å². The molecule has 172 valence electrons. The largest absolute Gasteiger partial charge is 0.351 e. The van der Waals surface area contributed by atoms with Gasteiger partial charge in [-0.15, -0.1) is 10.2 Å². The summed E-state index contributed by atoms with van der Waals surface area (Å²) >= 11 is 5.04. The van der Waals surface area contributed by atoms with Crippen LogP contribution in [0.4, 0.5) is 5.95 Å². The highest BCUT2D eigenvalue weighted by atomic mass is 79.9. The number of aromatic nitrogens is 6. The topological polar surface area (TPSA) is 128 Å². The lowest BCUT2D eigenvalue weighted by atomic mass is 10.2. The summed E-state index contributed by atoms with van der Waals surface area (Å²) in [6, 6.07) is 7.88. The van der Waals surface area contributed by atoms with E-state index in [0.717, 1.165) is 33.1 Å². The Morgan fingerprint density at radius 1 is 1.18 bits per heavy atom. The molecule has 10 nitrogen and oxygen atoms in total. The van der Waals surface area contributed by atoms with E-state index >= 15 is 0 Å². The van der Waals surface area contributed by atoms with Crippen molar-refractivity contribution in [3.63, 3.8) is 0 Å². The molecule has 3 aromatic heterocycles. The molecule has 2 N–H and O–H groups in total. The Hall–Kier alpha value is -2.48. The highest BCUT2D eigenvalue weighted by Crippen LogP contribution is 2.30. The molecule has 0 aliphatic heterocycles. The van der Waals surface area contributed by atoms with Crippen molar-refractivity contribution in [3.8, 4) is 16.3 Å². The molecule has 0 unspecified atom stereocenters. The standard InChI is InChI=1S/C20H21BrN8O2S2/c1-11-26-27-19(32-11)12-3-6-14(7-4-12)29-18-16(17(21)28-29)10-23-20(25-18)24-13-5-8-15(9-13)33(30,31)22-2/h3-4,6-7,10,13,15,22H,5,8-9H2,1-2H3,(H,23,24,25)/t13-,15-/m1/s1. The first-order valence-corrected chi connectivity index (χ1v) is 13.5. The molecule has 0 spiro atoms. The average molecular weight is 549 g/mol. The van der Waals surface area contributed by atoms with E-state index in [4.69, 9.17) is 4.98 Å². The Morgan fingerprint density at radius 3 is 2.67 bits per heavy atom. The van der Waals surface area contributed by atoms with Gasteiger partial charge in [-0.05, 0) is 73.4 Å². The summed E-state index contributed by atoms with van der Waals surface area (Å²) in [5.41, 5.74) is 2.49. The van der Waals surface area contributed by atoms with Gasteiger partial charge in [-0.2, -0.15) is 10.1 Å². The van der Waals surface area contributed by atoms with Crippen LogP contribution in [-0.2, 0) is 10.0 Å². The molecular weight excluding hydrogens is 528 g/mol. The maximum atomic E-state index is 12.1. The van der Waals surface area contributed by atoms with Gasteiger partial charge < -0.3 is 5.32 Å². The molecule has 4 aromatic rings. The molecule has 3 heterocycles. The van der Waals surface area contributed by atoms with E-state index in [2.05, 4.69) is 46.2 Å². The molecule has 0 radical (unpaired) electrons. The smallest absolute Gasteiger partial charge is 0.224 e. The van der Waals surface area contributed by atoms with E-state index < -0.39 is 15.3 Å². The molecule has 1 aliphatic rings. The number of hydrogen-bond donors (Lipinski definition) is 2. The van der Waals surface area contributed by atoms with E-state index in [-0.39, 0.29) is 6.04 Å². The predicted octanol–water partition coefficient (Wildman–Crippen LogP) is 3.29. The lowest BCUT2D eigenvalue weighted by Crippen LogP contribution is -2.31. The van der Waals surface area contributed by atoms with Gasteiger partial charge in [0.05, 0.1) is 16.3 Å². The van der Waals surface area contributed by atoms with E-state index in [9.17, 15) is 8.42 Å². The van der Waals surface area contributed by atoms with Crippen molar-refractivity contribution >= 4 is 54.3 Å². The molecule has 0 bridgehead atoms. The van der Waals surface area contributed by atoms with Crippen molar-refractivity contribution in [1.29, 1.82) is 0 Å². The molecule has 13 heteroatoms. The van der Waals surface area contributed by atoms with E-state index in [1.807, 2.05) is 31.2 Å². The molecule has 0 amide bonds. The third-order valence-electron chi connectivity index (χ3n) is 5.71. The number of hydrogen-bond acceptors (Lipinski definition) is 9. The van der Waals surface area contributed by atoms with Crippen LogP contribution in [-0.4, -0.2) is 56.7 Å². The quantitative estimate of drug-likeness (QED) is 0.375. The second kappa shape index (κ2) is 8.70. The fraction of sp³-hybridized carbons (Fsp3) is 0.350. The molecule has 0 saturated heterocycles. The summed E-state index contributed by atoms with van der Waals surface area (Å²) in [7, 11) is -1.83. The van der Waals surface area contributed by atoms with Gasteiger partial charge >= 0.3 is 0 Å². The number of nitrogens with zero attached hydrogens (tertiary/aromatic N) is 6. The normalized spacial score (nSPS) is 18.8. The number of nitrogens with one attached hydrogen (secondary N) is 2. The lowest BCUT2D eigenvalue weighted by Gasteiger charge is -2.13. The van der Waals surface area contributed by atoms with E-state index in [0.29, 0.717) is 29.0 Å². The van der Waals surface area contributed by atoms with Gasteiger partial charge in [0.1, 0.15) is 14.6 Å². The first-order chi connectivity index (χ1) is 15.8. The number of anilines is 1. The Bertz CT molecular complexity index is 1420. The number of aryl methyl sites for hydroxylation is 1. The van der Waals surface area contributed by atoms with Gasteiger partial charge in [0.2, 0.25) is 16.0 Å². The second-order valence-electron chi connectivity index (χ2n) is 7.83. The Morgan fingerprint density at radius 2 is 1.97 bits per heavy atom. The van der Waals surface area contributed by atoms with Gasteiger partial charge in [0.15, 0.2) is 5.65 Å². The second-order valence-corrected chi connectivity index (χ2v) is 11.9. The van der Waals surface area contributed by atoms with Crippen molar-refractivity contribution in [2.75, 3.05) is 12.4 Å². The Labute approximate surface area is 203 Å². The van der Waals surface area contributed by atoms with Crippen LogP contribution in [0, 0.1) is 6.92 Å². The summed E-state index contributed by atoms with van der Waals surface area (Å²) in [6.45, 7) is 1.93. The van der Waals surface area contributed by atoms with Crippen LogP contribution >= 0.6 is 27.3 Å². The van der Waals surface area contributed by atoms with Crippen LogP contribution in [0.3, 0.4) is 0 Å². The molecule has 1 saturated carbocycles. The maximum absolute atomic E-state index is 12.1. The third-order valence-corrected chi connectivity index (χ3v) is 9.05. The van der Waals surface area contributed by atoms with Crippen molar-refractivity contribution < 1.29 is 8.42 Å². The van der Waals surface area contributed by atoms with Crippen LogP contribution in [0.5, 0.6) is 0 Å². The zero-order chi connectivity index (χ0) is 23.2. The van der Waals surface area contributed by atoms with Gasteiger partial charge in [-0.3, -0.25) is 0 Å². The summed E-state index contributed by atoms with van der Waals surface area (Å²) in [6.07, 6.45) is 3.57. The van der Waals surface area contributed by atoms with E-state index in [1.165, 1.54) is 7.05 Å². The molecule has 1 aromatic carbocycles. The highest BCUT2D eigenvalue weighted by molar-refractivity contribution is 9.10. The average Bonchev–Trinajstić information content (AvgIpc) is 3.54. The fourth-order valence-electron chi connectivity index (χ4n) is 3.98. The first-order valence-electron chi connectivity index (χ1n) is 10.3. The summed E-state index contributed by atoms with van der Waals surface area (Å²) in [5.74, 6) is 0.449. The summed E-state index contributed by atoms with van der Waals surface area (Å²) in [4.78, 5) is 9.11. The van der Waals surface area contributed by atoms with Crippen molar-refractivity contribution in [2.24, 2.45) is 0 Å². The van der Waals surface area contributed by atoms with Crippen LogP contribution in [0.15, 0.2) is 35.1 Å². The number of benzene rings is 1. The number of sulfonamides is 1. The van der Waals surface area contributed by atoms with Crippen molar-refractivity contribution in [3.05, 3.63) is 40.1 Å². The minimum Gasteiger partial charge on any atom is -0.351 e. The maximum Gasteiger partial charge on any atom is 0.224 e. The summed E-state index contributed by atoms with van der Waals surface area (Å²) in [5, 5.41) is 18.3. The first kappa shape index (κ1) is 22.3. The van der Waals surface area contributed by atoms with Crippen LogP contribution in [0.25, 0.3) is 27.3 Å². The van der Waals surface area contributed by atoms with Crippen LogP contribution in [0.2, 0.25) is 0 Å². The Balaban J connectivity index is 1.41. The third kappa shape index (κ3) is 4.37.